The van der Waals surface area contributed by atoms with Crippen molar-refractivity contribution in [3.63, 3.8) is 0 Å². The molecule has 0 radical (unpaired) electrons. The van der Waals surface area contributed by atoms with Gasteiger partial charge in [-0.25, -0.2) is 8.42 Å². The molecule has 1 atom stereocenters. The number of benzene rings is 2. The number of amides is 2. The van der Waals surface area contributed by atoms with E-state index >= 15 is 0 Å². The highest BCUT2D eigenvalue weighted by atomic mass is 32.2. The van der Waals surface area contributed by atoms with Crippen LogP contribution in [-0.2, 0) is 26.0 Å². The molecule has 1 N–H and O–H groups in total. The second kappa shape index (κ2) is 14.0. The van der Waals surface area contributed by atoms with Gasteiger partial charge in [0.05, 0.1) is 11.9 Å². The fraction of sp³-hybridized carbons (Fsp3) is 0.500. The predicted molar refractivity (Wildman–Crippen MR) is 148 cm³/mol. The Morgan fingerprint density at radius 1 is 1.00 bits per heavy atom. The monoisotopic (exact) mass is 545 g/mol. The molecule has 0 fully saturated rings. The second-order valence-corrected chi connectivity index (χ2v) is 11.3. The van der Waals surface area contributed by atoms with Crippen molar-refractivity contribution in [3.8, 4) is 11.5 Å². The third-order valence-electron chi connectivity index (χ3n) is 6.50. The van der Waals surface area contributed by atoms with E-state index in [4.69, 9.17) is 9.47 Å². The van der Waals surface area contributed by atoms with Gasteiger partial charge in [-0.1, -0.05) is 50.6 Å². The van der Waals surface area contributed by atoms with Crippen LogP contribution in [0.25, 0.3) is 0 Å². The number of ether oxygens (including phenoxy) is 2. The van der Waals surface area contributed by atoms with Crippen LogP contribution < -0.4 is 19.1 Å². The Hall–Kier alpha value is -3.27. The number of anilines is 1. The predicted octanol–water partition coefficient (Wildman–Crippen LogP) is 3.73. The number of unbranched alkanes of at least 4 members (excludes halogenated alkanes) is 1. The molecule has 0 bridgehead atoms. The Labute approximate surface area is 226 Å². The molecule has 3 rings (SSSR count). The molecule has 0 saturated carbocycles. The Bertz CT molecular complexity index is 1170. The van der Waals surface area contributed by atoms with Gasteiger partial charge < -0.3 is 19.7 Å². The smallest absolute Gasteiger partial charge is 0.242 e. The summed E-state index contributed by atoms with van der Waals surface area (Å²) in [6.07, 6.45) is 4.51. The summed E-state index contributed by atoms with van der Waals surface area (Å²) in [5.41, 5.74) is 1.53. The molecule has 1 heterocycles. The van der Waals surface area contributed by atoms with Crippen LogP contribution in [0.3, 0.4) is 0 Å². The van der Waals surface area contributed by atoms with Gasteiger partial charge in [0.15, 0.2) is 11.5 Å². The van der Waals surface area contributed by atoms with Crippen LogP contribution in [0.1, 0.15) is 51.5 Å². The van der Waals surface area contributed by atoms with Crippen LogP contribution >= 0.6 is 0 Å². The maximum absolute atomic E-state index is 13.5. The average molecular weight is 546 g/mol. The largest absolute Gasteiger partial charge is 0.454 e. The summed E-state index contributed by atoms with van der Waals surface area (Å²) in [6.45, 7) is 5.15. The molecule has 0 saturated heterocycles. The zero-order chi connectivity index (χ0) is 27.5. The Morgan fingerprint density at radius 2 is 1.74 bits per heavy atom. The standard InChI is InChI=1S/C28H39N3O6S/c1-4-6-17-29-28(33)24(5-2)30(19-16-22-11-8-7-9-12-22)27(32)13-10-18-31(38(3,34)35)23-14-15-25-26(20-23)37-21-36-25/h7-9,11-12,14-15,20,24H,4-6,10,13,16-19,21H2,1-3H3,(H,29,33)/t24-/m1/s1. The first-order valence-corrected chi connectivity index (χ1v) is 15.1. The number of rotatable bonds is 15. The minimum Gasteiger partial charge on any atom is -0.454 e. The van der Waals surface area contributed by atoms with Crippen molar-refractivity contribution in [2.75, 3.05) is 37.0 Å². The molecule has 1 aliphatic rings. The highest BCUT2D eigenvalue weighted by molar-refractivity contribution is 7.92. The Morgan fingerprint density at radius 3 is 2.42 bits per heavy atom. The summed E-state index contributed by atoms with van der Waals surface area (Å²) < 4.78 is 37.1. The molecular weight excluding hydrogens is 506 g/mol. The number of hydrogen-bond acceptors (Lipinski definition) is 6. The van der Waals surface area contributed by atoms with Crippen LogP contribution in [0.15, 0.2) is 48.5 Å². The number of carbonyl (C=O) groups excluding carboxylic acids is 2. The van der Waals surface area contributed by atoms with Gasteiger partial charge in [-0.2, -0.15) is 0 Å². The average Bonchev–Trinajstić information content (AvgIpc) is 3.37. The zero-order valence-electron chi connectivity index (χ0n) is 22.5. The summed E-state index contributed by atoms with van der Waals surface area (Å²) in [4.78, 5) is 28.1. The van der Waals surface area contributed by atoms with Crippen molar-refractivity contribution < 1.29 is 27.5 Å². The lowest BCUT2D eigenvalue weighted by atomic mass is 10.1. The van der Waals surface area contributed by atoms with Crippen molar-refractivity contribution in [1.29, 1.82) is 0 Å². The lowest BCUT2D eigenvalue weighted by Crippen LogP contribution is -2.50. The van der Waals surface area contributed by atoms with Gasteiger partial charge >= 0.3 is 0 Å². The zero-order valence-corrected chi connectivity index (χ0v) is 23.3. The minimum atomic E-state index is -3.60. The van der Waals surface area contributed by atoms with E-state index in [1.165, 1.54) is 4.31 Å². The van der Waals surface area contributed by atoms with E-state index in [1.54, 1.807) is 23.1 Å². The maximum Gasteiger partial charge on any atom is 0.242 e. The van der Waals surface area contributed by atoms with Gasteiger partial charge in [-0.3, -0.25) is 13.9 Å². The van der Waals surface area contributed by atoms with Crippen LogP contribution in [0.5, 0.6) is 11.5 Å². The van der Waals surface area contributed by atoms with Gasteiger partial charge in [0, 0.05) is 32.1 Å². The molecule has 2 aromatic rings. The first-order chi connectivity index (χ1) is 18.2. The number of sulfonamides is 1. The summed E-state index contributed by atoms with van der Waals surface area (Å²) >= 11 is 0. The van der Waals surface area contributed by atoms with E-state index in [2.05, 4.69) is 12.2 Å². The number of carbonyl (C=O) groups is 2. The lowest BCUT2D eigenvalue weighted by Gasteiger charge is -2.31. The van der Waals surface area contributed by atoms with E-state index in [1.807, 2.05) is 37.3 Å². The maximum atomic E-state index is 13.5. The van der Waals surface area contributed by atoms with Gasteiger partial charge in [-0.05, 0) is 43.4 Å². The Kier molecular flexibility index (Phi) is 10.8. The van der Waals surface area contributed by atoms with Crippen LogP contribution in [0.2, 0.25) is 0 Å². The van der Waals surface area contributed by atoms with Crippen molar-refractivity contribution in [2.24, 2.45) is 0 Å². The van der Waals surface area contributed by atoms with Crippen LogP contribution in [-0.4, -0.2) is 63.9 Å². The normalized spacial score (nSPS) is 13.1. The van der Waals surface area contributed by atoms with E-state index in [0.717, 1.165) is 24.7 Å². The molecule has 38 heavy (non-hydrogen) atoms. The fourth-order valence-corrected chi connectivity index (χ4v) is 5.40. The van der Waals surface area contributed by atoms with Crippen molar-refractivity contribution in [2.45, 2.75) is 58.4 Å². The van der Waals surface area contributed by atoms with E-state index in [-0.39, 0.29) is 31.6 Å². The van der Waals surface area contributed by atoms with E-state index in [0.29, 0.717) is 49.5 Å². The summed E-state index contributed by atoms with van der Waals surface area (Å²) in [5.74, 6) is 0.728. The molecular formula is C28H39N3O6S. The van der Waals surface area contributed by atoms with E-state index in [9.17, 15) is 18.0 Å². The van der Waals surface area contributed by atoms with E-state index < -0.39 is 16.1 Å². The molecule has 10 heteroatoms. The number of nitrogens with zero attached hydrogens (tertiary/aromatic N) is 2. The highest BCUT2D eigenvalue weighted by Crippen LogP contribution is 2.36. The highest BCUT2D eigenvalue weighted by Gasteiger charge is 2.28. The molecule has 0 aromatic heterocycles. The van der Waals surface area contributed by atoms with Gasteiger partial charge in [0.2, 0.25) is 28.6 Å². The van der Waals surface area contributed by atoms with Crippen LogP contribution in [0.4, 0.5) is 5.69 Å². The quantitative estimate of drug-likeness (QED) is 0.342. The molecule has 1 aliphatic heterocycles. The third kappa shape index (κ3) is 8.11. The third-order valence-corrected chi connectivity index (χ3v) is 7.69. The molecule has 208 valence electrons. The SMILES string of the molecule is CCCCNC(=O)[C@@H](CC)N(CCc1ccccc1)C(=O)CCCN(c1ccc2c(c1)OCO2)S(C)(=O)=O. The first-order valence-electron chi connectivity index (χ1n) is 13.2. The fourth-order valence-electron chi connectivity index (χ4n) is 4.45. The molecule has 0 aliphatic carbocycles. The van der Waals surface area contributed by atoms with Crippen molar-refractivity contribution >= 4 is 27.5 Å². The van der Waals surface area contributed by atoms with Gasteiger partial charge in [0.25, 0.3) is 0 Å². The lowest BCUT2D eigenvalue weighted by molar-refractivity contribution is -0.140. The topological polar surface area (TPSA) is 105 Å². The number of hydrogen-bond donors (Lipinski definition) is 1. The first kappa shape index (κ1) is 29.3. The number of nitrogens with one attached hydrogen (secondary N) is 1. The van der Waals surface area contributed by atoms with Crippen LogP contribution in [0, 0.1) is 0 Å². The summed E-state index contributed by atoms with van der Waals surface area (Å²) in [5, 5.41) is 2.96. The molecule has 2 aromatic carbocycles. The molecule has 9 nitrogen and oxygen atoms in total. The minimum absolute atomic E-state index is 0.0929. The number of fused-ring (bicyclic) bond motifs is 1. The molecule has 0 unspecified atom stereocenters. The van der Waals surface area contributed by atoms with Gasteiger partial charge in [0.1, 0.15) is 6.04 Å². The van der Waals surface area contributed by atoms with Crippen molar-refractivity contribution in [3.05, 3.63) is 54.1 Å². The molecule has 2 amide bonds. The van der Waals surface area contributed by atoms with Crippen molar-refractivity contribution in [1.82, 2.24) is 10.2 Å². The summed E-state index contributed by atoms with van der Waals surface area (Å²) in [7, 11) is -3.60. The second-order valence-electron chi connectivity index (χ2n) is 9.37. The Balaban J connectivity index is 1.70. The van der Waals surface area contributed by atoms with Gasteiger partial charge in [-0.15, -0.1) is 0 Å². The molecule has 0 spiro atoms. The summed E-state index contributed by atoms with van der Waals surface area (Å²) in [6, 6.07) is 14.2.